The highest BCUT2D eigenvalue weighted by atomic mass is 16.3. The molecule has 0 aliphatic rings. The molecule has 0 saturated carbocycles. The second kappa shape index (κ2) is 33.9. The van der Waals surface area contributed by atoms with Gasteiger partial charge < -0.3 is 26.5 Å². The summed E-state index contributed by atoms with van der Waals surface area (Å²) in [6.07, 6.45) is 0. The second-order valence-corrected chi connectivity index (χ2v) is 33.2. The Kier molecular flexibility index (Phi) is 8.35. The molecule has 0 spiro atoms. The van der Waals surface area contributed by atoms with Gasteiger partial charge in [0.15, 0.2) is 0 Å². The van der Waals surface area contributed by atoms with Gasteiger partial charge in [-0.1, -0.05) is 447 Å². The van der Waals surface area contributed by atoms with Gasteiger partial charge in [-0.05, 0) is 230 Å². The van der Waals surface area contributed by atoms with Crippen molar-refractivity contribution in [3.05, 3.63) is 508 Å². The number of hydrogen-bond donors (Lipinski definition) is 0. The van der Waals surface area contributed by atoms with Crippen LogP contribution < -0.4 is 0 Å². The van der Waals surface area contributed by atoms with Gasteiger partial charge in [-0.25, -0.2) is 0 Å². The summed E-state index contributed by atoms with van der Waals surface area (Å²) in [4.78, 5) is 0. The largest absolute Gasteiger partial charge is 0.456 e. The van der Waals surface area contributed by atoms with Crippen LogP contribution in [0.25, 0.3) is 329 Å². The lowest BCUT2D eigenvalue weighted by molar-refractivity contribution is 0.669. The average molecular weight is 1990 g/mol. The molecule has 0 aliphatic heterocycles. The van der Waals surface area contributed by atoms with Crippen molar-refractivity contribution in [2.24, 2.45) is 0 Å². The van der Waals surface area contributed by atoms with Crippen molar-refractivity contribution in [2.75, 3.05) is 0 Å². The Morgan fingerprint density at radius 3 is 0.847 bits per heavy atom. The molecule has 6 nitrogen and oxygen atoms in total. The Labute approximate surface area is 973 Å². The Balaban J connectivity index is 0.000000139. The monoisotopic (exact) mass is 1990 g/mol. The van der Waals surface area contributed by atoms with E-state index in [9.17, 15) is 39.8 Å². The summed E-state index contributed by atoms with van der Waals surface area (Å²) in [5.74, 6) is 0. The zero-order valence-corrected chi connectivity index (χ0v) is 74.6. The molecular weight excluding hydrogens is 1830 g/mol. The fourth-order valence-corrected chi connectivity index (χ4v) is 19.1. The smallest absolute Gasteiger partial charge is 0.143 e. The SMILES string of the molecule is [2H]c1c(-c2c([2H])c([2H])c([2H])c3c2oc2c([2H])c([2H])c([2H])c([2H])c23)ccc(-c2c3c([2H])c([2H])c([2H])c([2H])c3c(-c3c([2H])c([2H])c(-c4c([2H])c([2H])c([2H])c5c4oc4c([2H])c([2H])c([2H])c([2H])c45)c([2H])c3[2H])c3c([2H])c([2H])c([2H])c([2H])c23)c1[2H].[2H]c1c([2H])c(-c2c3c([2H])c([2H])c([2H])c([2H])c3c(-c3c([2H])c4oc5c([2H])c([2H])c6c([2H])c([2H])c([2H])c([2H])c6c5c4c4c([2H])c([2H])c([2H])c([2H])c34)c3c([2H])c([2H])c([2H])c([2H])c23)c([2H])c([2H])c1-c1c([2H])c([2H])c([2H])c2c1oc1c([2H])c([2H])c([2H])c([2H])c12.[2H]c1c([2H])c([2H])c2c(oc3c(-c4c5c([2H])c([2H])c([2H])c([2H])c5c(-c5c([2H])c([2H])c6c(oc7c([2H])c8c([2H])c([2H])c([2H])c([2H])c8c([2H])c76)c5[2H])c5c([2H])c([2H])c([2H])c([2H])c45)c([2H])c([2H])c([2H])c32)c1[2H]. The van der Waals surface area contributed by atoms with Crippen molar-refractivity contribution in [2.45, 2.75) is 0 Å². The molecule has 6 heterocycles. The molecule has 6 heteroatoms. The number of benzene rings is 27. The molecule has 0 aliphatic carbocycles. The lowest BCUT2D eigenvalue weighted by atomic mass is 9.84. The van der Waals surface area contributed by atoms with E-state index in [1.165, 1.54) is 0 Å². The summed E-state index contributed by atoms with van der Waals surface area (Å²) in [5, 5.41) is -16.1. The van der Waals surface area contributed by atoms with Gasteiger partial charge in [0.2, 0.25) is 0 Å². The molecule has 27 aromatic carbocycles. The molecule has 0 N–H and O–H groups in total. The summed E-state index contributed by atoms with van der Waals surface area (Å²) in [5.41, 5.74) is -18.6. The third-order valence-electron chi connectivity index (χ3n) is 25.4. The highest BCUT2D eigenvalue weighted by Crippen LogP contribution is 2.54. The summed E-state index contributed by atoms with van der Waals surface area (Å²) < 4.78 is 775. The first-order valence-corrected chi connectivity index (χ1v) is 44.6. The van der Waals surface area contributed by atoms with Crippen LogP contribution in [0.2, 0.25) is 0 Å². The maximum atomic E-state index is 10.1. The van der Waals surface area contributed by atoms with Crippen LogP contribution in [0.3, 0.4) is 0 Å². The molecular formula is C144H84O6. The minimum atomic E-state index is -1.12. The number of furan rings is 6. The van der Waals surface area contributed by atoms with Gasteiger partial charge in [0.1, 0.15) is 67.0 Å². The van der Waals surface area contributed by atoms with Crippen molar-refractivity contribution in [3.63, 3.8) is 0 Å². The first-order chi connectivity index (χ1) is 109. The molecule has 0 fully saturated rings. The second-order valence-electron chi connectivity index (χ2n) is 33.2. The molecule has 33 aromatic rings. The van der Waals surface area contributed by atoms with Gasteiger partial charge in [0.25, 0.3) is 0 Å². The Bertz CT molecular complexity index is 16700. The first-order valence-electron chi connectivity index (χ1n) is 85.6. The summed E-state index contributed by atoms with van der Waals surface area (Å²) in [6.45, 7) is 0. The molecule has 0 atom stereocenters. The van der Waals surface area contributed by atoms with E-state index in [0.29, 0.717) is 0 Å². The van der Waals surface area contributed by atoms with E-state index in [1.54, 1.807) is 0 Å². The zero-order chi connectivity index (χ0) is 170. The van der Waals surface area contributed by atoms with E-state index in [4.69, 9.17) is 99.2 Å². The van der Waals surface area contributed by atoms with Crippen molar-refractivity contribution >= 4 is 229 Å². The fraction of sp³-hybridized carbons (Fsp3) is 0. The third-order valence-corrected chi connectivity index (χ3v) is 25.4. The normalized spacial score (nSPS) is 19.7. The van der Waals surface area contributed by atoms with E-state index >= 15 is 0 Å². The maximum absolute atomic E-state index is 10.1. The Hall–Kier alpha value is -19.9. The minimum Gasteiger partial charge on any atom is -0.456 e. The van der Waals surface area contributed by atoms with Crippen LogP contribution in [-0.2, 0) is 0 Å². The van der Waals surface area contributed by atoms with Crippen molar-refractivity contribution in [1.82, 2.24) is 0 Å². The van der Waals surface area contributed by atoms with E-state index in [-0.39, 0.29) is 27.1 Å². The molecule has 0 radical (unpaired) electrons. The van der Waals surface area contributed by atoms with Gasteiger partial charge in [-0.15, -0.1) is 0 Å². The maximum Gasteiger partial charge on any atom is 0.143 e. The standard InChI is InChI=1S/C52H30O2.C50H30O2.C42H24O2/c1-2-13-34-31(12-1)28-29-46-50(34)51-38-16-4-3-14-36(38)44(30-47(51)53-46)49-41-19-7-5-17-39(41)48(40-18-6-8-20-42(40)49)33-26-24-32(25-27-33)35-21-11-22-43-37-15-9-10-23-45(37)54-52(35)43;1-2-14-40-39(13-1)47(33-27-23-31(24-28-33)35-17-9-19-43-37-11-5-7-21-45(37)51-49(35)43)41-15-3-4-16-42(41)48(40)34-29-25-32(26-30-34)36-18-10-20-44-38-12-6-8-22-46(38)52-50(36)44;1-2-11-26-23-39-36(22-25(26)10-1)29-21-20-27(24-38(29)43-39)40-30-13-3-5-15-32(30)41(33-16-6-4-14-31(33)40)35-18-9-17-34-28-12-7-8-19-37(28)44-42(34)35/h1-30H;1-30H;1-24H/i1D,2D,3D,4D,5D,6D,7D,8D,9D,10D,11D,12D,13D,14D,15D,16D,17D,18D,19D,20D,21D,22D,23D,24D,25D,26D,27D,28D,29D,30D;1D,2D,3D,4D,5D,6D,7D,8D,9D,10D,11D,12D,13D,14D,15D,16D,17D,18D,19D,20D,21D,22D,23D,24D,25D,27D,28D,29D;1D,2D,3D,4D,5D,6D,7D,8D,9D,10D,11D,12D,13D,14D,15D,16D,17D,18D,19D,20D,21D,22D,23D,24D. The highest BCUT2D eigenvalue weighted by molar-refractivity contribution is 6.33. The first kappa shape index (κ1) is 37.0. The van der Waals surface area contributed by atoms with Crippen LogP contribution in [0.4, 0.5) is 0 Å². The molecule has 696 valence electrons. The Morgan fingerprint density at radius 1 is 0.120 bits per heavy atom. The highest BCUT2D eigenvalue weighted by Gasteiger charge is 2.28. The minimum absolute atomic E-state index is 0.299. The molecule has 0 bridgehead atoms. The molecule has 0 saturated heterocycles. The van der Waals surface area contributed by atoms with Crippen molar-refractivity contribution in [3.8, 4) is 100 Å². The van der Waals surface area contributed by atoms with Crippen molar-refractivity contribution in [1.29, 1.82) is 0 Å². The van der Waals surface area contributed by atoms with Crippen LogP contribution in [-0.4, -0.2) is 0 Å². The molecule has 150 heavy (non-hydrogen) atoms. The van der Waals surface area contributed by atoms with E-state index in [1.807, 2.05) is 0 Å². The summed E-state index contributed by atoms with van der Waals surface area (Å²) in [7, 11) is 0. The third kappa shape index (κ3) is 13.3. The topological polar surface area (TPSA) is 78.8 Å². The van der Waals surface area contributed by atoms with E-state index in [0.717, 1.165) is 12.1 Å². The summed E-state index contributed by atoms with van der Waals surface area (Å²) >= 11 is 0. The predicted molar refractivity (Wildman–Crippen MR) is 629 cm³/mol. The van der Waals surface area contributed by atoms with Crippen molar-refractivity contribution < 1.29 is 139 Å². The van der Waals surface area contributed by atoms with Crippen LogP contribution >= 0.6 is 0 Å². The molecule has 33 rings (SSSR count). The zero-order valence-electron chi connectivity index (χ0n) is 157. The number of rotatable bonds is 9. The van der Waals surface area contributed by atoms with E-state index in [2.05, 4.69) is 0 Å². The average Bonchev–Trinajstić information content (AvgIpc) is 1.37. The Morgan fingerprint density at radius 2 is 0.400 bits per heavy atom. The van der Waals surface area contributed by atoms with Gasteiger partial charge in [0.05, 0.1) is 112 Å². The van der Waals surface area contributed by atoms with Gasteiger partial charge >= 0.3 is 0 Å². The number of para-hydroxylation sites is 8. The van der Waals surface area contributed by atoms with Gasteiger partial charge in [-0.3, -0.25) is 0 Å². The van der Waals surface area contributed by atoms with Crippen LogP contribution in [0.1, 0.15) is 112 Å². The van der Waals surface area contributed by atoms with Crippen LogP contribution in [0.5, 0.6) is 0 Å². The van der Waals surface area contributed by atoms with Gasteiger partial charge in [0, 0.05) is 92.5 Å². The molecule has 6 aromatic heterocycles. The number of hydrogen-bond acceptors (Lipinski definition) is 6. The van der Waals surface area contributed by atoms with Gasteiger partial charge in [-0.2, -0.15) is 0 Å². The summed E-state index contributed by atoms with van der Waals surface area (Å²) in [6, 6.07) is -68.5. The lowest BCUT2D eigenvalue weighted by Crippen LogP contribution is -1.92. The lowest BCUT2D eigenvalue weighted by Gasteiger charge is -2.19. The molecule has 0 unspecified atom stereocenters. The fourth-order valence-electron chi connectivity index (χ4n) is 19.1. The number of fused-ring (bicyclic) bond motifs is 29. The van der Waals surface area contributed by atoms with E-state index < -0.39 is 797 Å². The van der Waals surface area contributed by atoms with Crippen LogP contribution in [0.15, 0.2) is 534 Å². The molecule has 0 amide bonds. The van der Waals surface area contributed by atoms with Crippen LogP contribution in [0, 0.1) is 0 Å². The quantitative estimate of drug-likeness (QED) is 0.134. The predicted octanol–water partition coefficient (Wildman–Crippen LogP) is 41.8.